The van der Waals surface area contributed by atoms with Crippen LogP contribution in [0.4, 0.5) is 0 Å². The van der Waals surface area contributed by atoms with Gasteiger partial charge in [0.25, 0.3) is 5.89 Å². The number of nitrogens with two attached hydrogens (primary N) is 1. The minimum Gasteiger partial charge on any atom is -0.364 e. The first-order valence-corrected chi connectivity index (χ1v) is 7.42. The molecule has 0 amide bonds. The van der Waals surface area contributed by atoms with Gasteiger partial charge in [0.2, 0.25) is 5.82 Å². The summed E-state index contributed by atoms with van der Waals surface area (Å²) in [5.74, 6) is 1.12. The van der Waals surface area contributed by atoms with E-state index in [1.807, 2.05) is 25.1 Å². The van der Waals surface area contributed by atoms with Crippen molar-refractivity contribution in [1.29, 1.82) is 0 Å². The molecule has 0 saturated carbocycles. The molecule has 1 aromatic carbocycles. The van der Waals surface area contributed by atoms with E-state index in [4.69, 9.17) is 15.0 Å². The minimum atomic E-state index is -0.126. The molecule has 106 valence electrons. The maximum absolute atomic E-state index is 5.76. The maximum Gasteiger partial charge on any atom is 0.256 e. The zero-order chi connectivity index (χ0) is 14.1. The Bertz CT molecular complexity index is 614. The Hall–Kier alpha value is -1.24. The fraction of sp³-hybridized carbons (Fsp3) is 0.429. The van der Waals surface area contributed by atoms with Crippen molar-refractivity contribution in [3.63, 3.8) is 0 Å². The lowest BCUT2D eigenvalue weighted by Gasteiger charge is -2.07. The molecule has 0 bridgehead atoms. The van der Waals surface area contributed by atoms with Gasteiger partial charge in [-0.15, -0.1) is 0 Å². The molecule has 1 fully saturated rings. The van der Waals surface area contributed by atoms with E-state index < -0.39 is 0 Å². The molecule has 0 spiro atoms. The van der Waals surface area contributed by atoms with E-state index >= 15 is 0 Å². The zero-order valence-corrected chi connectivity index (χ0v) is 12.8. The Balaban J connectivity index is 1.81. The van der Waals surface area contributed by atoms with E-state index in [9.17, 15) is 0 Å². The van der Waals surface area contributed by atoms with Gasteiger partial charge in [0.1, 0.15) is 6.10 Å². The fourth-order valence-corrected chi connectivity index (χ4v) is 2.65. The summed E-state index contributed by atoms with van der Waals surface area (Å²) in [6, 6.07) is 5.99. The first kappa shape index (κ1) is 13.7. The van der Waals surface area contributed by atoms with Crippen molar-refractivity contribution >= 4 is 15.9 Å². The molecule has 1 aliphatic heterocycles. The molecule has 0 aliphatic carbocycles. The summed E-state index contributed by atoms with van der Waals surface area (Å²) < 4.78 is 12.1. The van der Waals surface area contributed by atoms with E-state index in [0.717, 1.165) is 22.9 Å². The maximum atomic E-state index is 5.76. The standard InChI is InChI=1S/C14H16BrN3O2/c1-8-2-3-9(6-11(8)15)13-17-14(20-18-13)12-5-4-10(7-16)19-12/h2-3,6,10,12H,4-5,7,16H2,1H3. The van der Waals surface area contributed by atoms with Crippen LogP contribution in [0.3, 0.4) is 0 Å². The van der Waals surface area contributed by atoms with Crippen molar-refractivity contribution in [3.8, 4) is 11.4 Å². The first-order valence-electron chi connectivity index (χ1n) is 6.63. The predicted octanol–water partition coefficient (Wildman–Crippen LogP) is 2.99. The highest BCUT2D eigenvalue weighted by molar-refractivity contribution is 9.10. The molecule has 2 unspecified atom stereocenters. The summed E-state index contributed by atoms with van der Waals surface area (Å²) >= 11 is 3.51. The van der Waals surface area contributed by atoms with Crippen molar-refractivity contribution in [2.24, 2.45) is 5.73 Å². The predicted molar refractivity (Wildman–Crippen MR) is 78.1 cm³/mol. The highest BCUT2D eigenvalue weighted by Crippen LogP contribution is 2.32. The lowest BCUT2D eigenvalue weighted by molar-refractivity contribution is 0.0307. The molecule has 5 nitrogen and oxygen atoms in total. The number of hydrogen-bond donors (Lipinski definition) is 1. The highest BCUT2D eigenvalue weighted by atomic mass is 79.9. The average molecular weight is 338 g/mol. The number of halogens is 1. The van der Waals surface area contributed by atoms with E-state index in [1.165, 1.54) is 5.56 Å². The number of benzene rings is 1. The fourth-order valence-electron chi connectivity index (χ4n) is 2.28. The van der Waals surface area contributed by atoms with Gasteiger partial charge < -0.3 is 15.0 Å². The second kappa shape index (κ2) is 5.63. The average Bonchev–Trinajstić information content (AvgIpc) is 3.09. The quantitative estimate of drug-likeness (QED) is 0.931. The molecule has 20 heavy (non-hydrogen) atoms. The number of hydrogen-bond acceptors (Lipinski definition) is 5. The second-order valence-corrected chi connectivity index (χ2v) is 5.83. The third-order valence-electron chi connectivity index (χ3n) is 3.52. The van der Waals surface area contributed by atoms with Gasteiger partial charge in [0, 0.05) is 16.6 Å². The van der Waals surface area contributed by atoms with Crippen LogP contribution in [0.25, 0.3) is 11.4 Å². The molecule has 2 heterocycles. The van der Waals surface area contributed by atoms with Crippen molar-refractivity contribution in [2.45, 2.75) is 32.0 Å². The van der Waals surface area contributed by atoms with Gasteiger partial charge >= 0.3 is 0 Å². The summed E-state index contributed by atoms with van der Waals surface area (Å²) in [7, 11) is 0. The van der Waals surface area contributed by atoms with Gasteiger partial charge in [-0.2, -0.15) is 4.98 Å². The minimum absolute atomic E-state index is 0.101. The van der Waals surface area contributed by atoms with Crippen molar-refractivity contribution in [1.82, 2.24) is 10.1 Å². The summed E-state index contributed by atoms with van der Waals surface area (Å²) in [5.41, 5.74) is 7.70. The number of nitrogens with zero attached hydrogens (tertiary/aromatic N) is 2. The third kappa shape index (κ3) is 2.63. The molecule has 2 aromatic rings. The smallest absolute Gasteiger partial charge is 0.256 e. The molecule has 6 heteroatoms. The molecule has 2 N–H and O–H groups in total. The number of rotatable bonds is 3. The topological polar surface area (TPSA) is 74.2 Å². The first-order chi connectivity index (χ1) is 9.67. The summed E-state index contributed by atoms with van der Waals surface area (Å²) in [6.45, 7) is 2.57. The lowest BCUT2D eigenvalue weighted by Crippen LogP contribution is -2.18. The van der Waals surface area contributed by atoms with Gasteiger partial charge in [-0.1, -0.05) is 33.2 Å². The molecule has 1 saturated heterocycles. The van der Waals surface area contributed by atoms with Crippen LogP contribution in [0, 0.1) is 6.92 Å². The van der Waals surface area contributed by atoms with Gasteiger partial charge in [-0.25, -0.2) is 0 Å². The molecule has 1 aromatic heterocycles. The molecular formula is C14H16BrN3O2. The van der Waals surface area contributed by atoms with Gasteiger partial charge in [-0.3, -0.25) is 0 Å². The van der Waals surface area contributed by atoms with Crippen molar-refractivity contribution < 1.29 is 9.26 Å². The van der Waals surface area contributed by atoms with Crippen LogP contribution in [0.5, 0.6) is 0 Å². The highest BCUT2D eigenvalue weighted by Gasteiger charge is 2.30. The molecule has 3 rings (SSSR count). The second-order valence-electron chi connectivity index (χ2n) is 4.98. The normalized spacial score (nSPS) is 22.4. The Labute approximate surface area is 125 Å². The van der Waals surface area contributed by atoms with Gasteiger partial charge in [-0.05, 0) is 31.4 Å². The van der Waals surface area contributed by atoms with Crippen LogP contribution in [-0.4, -0.2) is 22.8 Å². The van der Waals surface area contributed by atoms with Crippen LogP contribution in [0.1, 0.15) is 30.4 Å². The van der Waals surface area contributed by atoms with Gasteiger partial charge in [0.05, 0.1) is 6.10 Å². The monoisotopic (exact) mass is 337 g/mol. The Morgan fingerprint density at radius 1 is 1.40 bits per heavy atom. The Morgan fingerprint density at radius 3 is 2.95 bits per heavy atom. The number of aryl methyl sites for hydroxylation is 1. The number of aromatic nitrogens is 2. The Kier molecular flexibility index (Phi) is 3.87. The Morgan fingerprint density at radius 2 is 2.25 bits per heavy atom. The van der Waals surface area contributed by atoms with Crippen LogP contribution in [-0.2, 0) is 4.74 Å². The summed E-state index contributed by atoms with van der Waals surface area (Å²) in [4.78, 5) is 4.44. The van der Waals surface area contributed by atoms with Crippen LogP contribution in [0.15, 0.2) is 27.2 Å². The summed E-state index contributed by atoms with van der Waals surface area (Å²) in [6.07, 6.45) is 1.79. The largest absolute Gasteiger partial charge is 0.364 e. The van der Waals surface area contributed by atoms with Crippen molar-refractivity contribution in [3.05, 3.63) is 34.1 Å². The third-order valence-corrected chi connectivity index (χ3v) is 4.37. The van der Waals surface area contributed by atoms with Crippen molar-refractivity contribution in [2.75, 3.05) is 6.54 Å². The molecule has 2 atom stereocenters. The van der Waals surface area contributed by atoms with Crippen LogP contribution < -0.4 is 5.73 Å². The van der Waals surface area contributed by atoms with Crippen LogP contribution >= 0.6 is 15.9 Å². The molecular weight excluding hydrogens is 322 g/mol. The zero-order valence-electron chi connectivity index (χ0n) is 11.2. The molecule has 1 aliphatic rings. The van der Waals surface area contributed by atoms with E-state index in [1.54, 1.807) is 0 Å². The molecule has 0 radical (unpaired) electrons. The van der Waals surface area contributed by atoms with E-state index in [2.05, 4.69) is 26.1 Å². The number of ether oxygens (including phenoxy) is 1. The van der Waals surface area contributed by atoms with E-state index in [-0.39, 0.29) is 12.2 Å². The summed E-state index contributed by atoms with van der Waals surface area (Å²) in [5, 5.41) is 4.03. The van der Waals surface area contributed by atoms with Gasteiger partial charge in [0.15, 0.2) is 0 Å². The van der Waals surface area contributed by atoms with Crippen LogP contribution in [0.2, 0.25) is 0 Å². The van der Waals surface area contributed by atoms with E-state index in [0.29, 0.717) is 18.3 Å². The SMILES string of the molecule is Cc1ccc(-c2noc(C3CCC(CN)O3)n2)cc1Br. The lowest BCUT2D eigenvalue weighted by atomic mass is 10.1.